The van der Waals surface area contributed by atoms with Crippen LogP contribution < -0.4 is 10.6 Å². The van der Waals surface area contributed by atoms with Crippen LogP contribution in [-0.2, 0) is 9.59 Å². The first-order chi connectivity index (χ1) is 12.5. The summed E-state index contributed by atoms with van der Waals surface area (Å²) >= 11 is 0. The van der Waals surface area contributed by atoms with Crippen LogP contribution in [0, 0.1) is 11.6 Å². The molecule has 0 radical (unpaired) electrons. The monoisotopic (exact) mass is 359 g/mol. The van der Waals surface area contributed by atoms with Crippen LogP contribution in [-0.4, -0.2) is 26.6 Å². The molecule has 1 aliphatic rings. The number of carbonyl (C=O) groups excluding carboxylic acids is 2. The van der Waals surface area contributed by atoms with Crippen LogP contribution in [0.25, 0.3) is 11.6 Å². The molecular weight excluding hydrogens is 348 g/mol. The Morgan fingerprint density at radius 2 is 2.12 bits per heavy atom. The highest BCUT2D eigenvalue weighted by atomic mass is 19.2. The largest absolute Gasteiger partial charge is 0.461 e. The summed E-state index contributed by atoms with van der Waals surface area (Å²) in [5.41, 5.74) is 0.0639. The first kappa shape index (κ1) is 15.9. The lowest BCUT2D eigenvalue weighted by Crippen LogP contribution is -2.35. The fraction of sp³-hybridized carbons (Fsp3) is 0.125. The van der Waals surface area contributed by atoms with Crippen molar-refractivity contribution in [3.8, 4) is 11.6 Å². The van der Waals surface area contributed by atoms with Crippen LogP contribution in [0.4, 0.5) is 20.4 Å². The SMILES string of the molecule is O=C1C[C@H](C(=O)Nc2ccc(F)c(F)c2)n2c(nnc2-c2ccco2)N1. The van der Waals surface area contributed by atoms with Crippen LogP contribution >= 0.6 is 0 Å². The second-order valence-electron chi connectivity index (χ2n) is 5.58. The Morgan fingerprint density at radius 1 is 1.27 bits per heavy atom. The highest BCUT2D eigenvalue weighted by Crippen LogP contribution is 2.31. The summed E-state index contributed by atoms with van der Waals surface area (Å²) in [6.45, 7) is 0. The molecule has 132 valence electrons. The van der Waals surface area contributed by atoms with Crippen molar-refractivity contribution in [3.63, 3.8) is 0 Å². The van der Waals surface area contributed by atoms with Gasteiger partial charge < -0.3 is 9.73 Å². The normalized spacial score (nSPS) is 16.1. The van der Waals surface area contributed by atoms with Gasteiger partial charge in [-0.15, -0.1) is 10.2 Å². The quantitative estimate of drug-likeness (QED) is 0.747. The summed E-state index contributed by atoms with van der Waals surface area (Å²) in [6.07, 6.45) is 1.27. The summed E-state index contributed by atoms with van der Waals surface area (Å²) in [5.74, 6) is -2.41. The third-order valence-electron chi connectivity index (χ3n) is 3.87. The van der Waals surface area contributed by atoms with E-state index in [9.17, 15) is 18.4 Å². The number of benzene rings is 1. The summed E-state index contributed by atoms with van der Waals surface area (Å²) in [5, 5.41) is 12.8. The van der Waals surface area contributed by atoms with E-state index >= 15 is 0 Å². The molecule has 0 aliphatic carbocycles. The van der Waals surface area contributed by atoms with Crippen LogP contribution in [0.15, 0.2) is 41.0 Å². The van der Waals surface area contributed by atoms with Crippen LogP contribution in [0.3, 0.4) is 0 Å². The van der Waals surface area contributed by atoms with Crippen LogP contribution in [0.5, 0.6) is 0 Å². The van der Waals surface area contributed by atoms with Crippen molar-refractivity contribution in [3.05, 3.63) is 48.2 Å². The van der Waals surface area contributed by atoms with Gasteiger partial charge in [-0.2, -0.15) is 0 Å². The molecule has 1 aliphatic heterocycles. The molecule has 0 saturated heterocycles. The third kappa shape index (κ3) is 2.70. The van der Waals surface area contributed by atoms with Crippen molar-refractivity contribution in [2.45, 2.75) is 12.5 Å². The molecule has 3 heterocycles. The zero-order valence-electron chi connectivity index (χ0n) is 13.1. The molecule has 0 spiro atoms. The first-order valence-electron chi connectivity index (χ1n) is 7.57. The molecule has 4 rings (SSSR count). The van der Waals surface area contributed by atoms with Crippen molar-refractivity contribution in [1.29, 1.82) is 0 Å². The molecule has 26 heavy (non-hydrogen) atoms. The van der Waals surface area contributed by atoms with Gasteiger partial charge in [-0.25, -0.2) is 8.78 Å². The second-order valence-corrected chi connectivity index (χ2v) is 5.58. The van der Waals surface area contributed by atoms with Crippen molar-refractivity contribution in [2.24, 2.45) is 0 Å². The Bertz CT molecular complexity index is 999. The molecule has 0 saturated carbocycles. The van der Waals surface area contributed by atoms with E-state index in [1.807, 2.05) is 0 Å². The van der Waals surface area contributed by atoms with Gasteiger partial charge in [-0.05, 0) is 24.3 Å². The molecule has 0 bridgehead atoms. The molecular formula is C16H11F2N5O3. The summed E-state index contributed by atoms with van der Waals surface area (Å²) in [7, 11) is 0. The number of furan rings is 1. The van der Waals surface area contributed by atoms with Gasteiger partial charge in [0.25, 0.3) is 0 Å². The lowest BCUT2D eigenvalue weighted by atomic mass is 10.1. The summed E-state index contributed by atoms with van der Waals surface area (Å²) in [4.78, 5) is 24.6. The minimum Gasteiger partial charge on any atom is -0.461 e. The lowest BCUT2D eigenvalue weighted by Gasteiger charge is -2.24. The molecule has 2 aromatic heterocycles. The molecule has 1 aromatic carbocycles. The van der Waals surface area contributed by atoms with E-state index < -0.39 is 29.5 Å². The van der Waals surface area contributed by atoms with Crippen molar-refractivity contribution >= 4 is 23.5 Å². The predicted octanol–water partition coefficient (Wildman–Crippen LogP) is 2.34. The van der Waals surface area contributed by atoms with Gasteiger partial charge in [0, 0.05) is 11.8 Å². The molecule has 0 fully saturated rings. The van der Waals surface area contributed by atoms with Gasteiger partial charge in [0.05, 0.1) is 12.7 Å². The van der Waals surface area contributed by atoms with E-state index in [2.05, 4.69) is 20.8 Å². The number of hydrogen-bond acceptors (Lipinski definition) is 5. The van der Waals surface area contributed by atoms with E-state index in [0.29, 0.717) is 5.76 Å². The van der Waals surface area contributed by atoms with Gasteiger partial charge in [-0.1, -0.05) is 0 Å². The summed E-state index contributed by atoms with van der Waals surface area (Å²) < 4.78 is 33.1. The maximum absolute atomic E-state index is 13.3. The molecule has 1 atom stereocenters. The fourth-order valence-electron chi connectivity index (χ4n) is 2.70. The maximum atomic E-state index is 13.3. The Morgan fingerprint density at radius 3 is 2.85 bits per heavy atom. The van der Waals surface area contributed by atoms with Crippen molar-refractivity contribution in [1.82, 2.24) is 14.8 Å². The molecule has 10 heteroatoms. The highest BCUT2D eigenvalue weighted by Gasteiger charge is 2.35. The Balaban J connectivity index is 1.68. The number of rotatable bonds is 3. The zero-order valence-corrected chi connectivity index (χ0v) is 13.1. The van der Waals surface area contributed by atoms with Crippen molar-refractivity contribution in [2.75, 3.05) is 10.6 Å². The van der Waals surface area contributed by atoms with Gasteiger partial charge in [0.1, 0.15) is 6.04 Å². The molecule has 0 unspecified atom stereocenters. The average molecular weight is 359 g/mol. The Hall–Kier alpha value is -3.56. The number of nitrogens with zero attached hydrogens (tertiary/aromatic N) is 3. The van der Waals surface area contributed by atoms with Crippen molar-refractivity contribution < 1.29 is 22.8 Å². The minimum absolute atomic E-state index is 0.0639. The smallest absolute Gasteiger partial charge is 0.248 e. The van der Waals surface area contributed by atoms with Gasteiger partial charge >= 0.3 is 0 Å². The third-order valence-corrected chi connectivity index (χ3v) is 3.87. The van der Waals surface area contributed by atoms with E-state index in [1.165, 1.54) is 16.9 Å². The maximum Gasteiger partial charge on any atom is 0.248 e. The molecule has 8 nitrogen and oxygen atoms in total. The fourth-order valence-corrected chi connectivity index (χ4v) is 2.70. The predicted molar refractivity (Wildman–Crippen MR) is 85.0 cm³/mol. The number of nitrogens with one attached hydrogen (secondary N) is 2. The van der Waals surface area contributed by atoms with E-state index in [4.69, 9.17) is 4.42 Å². The molecule has 3 aromatic rings. The number of amides is 2. The second kappa shape index (κ2) is 6.06. The highest BCUT2D eigenvalue weighted by molar-refractivity contribution is 6.01. The van der Waals surface area contributed by atoms with Crippen LogP contribution in [0.1, 0.15) is 12.5 Å². The van der Waals surface area contributed by atoms with Crippen LogP contribution in [0.2, 0.25) is 0 Å². The standard InChI is InChI=1S/C16H11F2N5O3/c17-9-4-3-8(6-10(9)18)19-15(25)11-7-13(24)20-16-22-21-14(23(11)16)12-2-1-5-26-12/h1-6,11H,7H2,(H,19,25)(H,20,22,24)/t11-/m1/s1. The topological polar surface area (TPSA) is 102 Å². The molecule has 2 amide bonds. The van der Waals surface area contributed by atoms with Gasteiger partial charge in [0.2, 0.25) is 23.6 Å². The number of hydrogen-bond donors (Lipinski definition) is 2. The van der Waals surface area contributed by atoms with E-state index in [0.717, 1.165) is 12.1 Å². The number of aromatic nitrogens is 3. The minimum atomic E-state index is -1.09. The number of fused-ring (bicyclic) bond motifs is 1. The Kier molecular flexibility index (Phi) is 3.72. The number of halogens is 2. The van der Waals surface area contributed by atoms with Gasteiger partial charge in [-0.3, -0.25) is 19.5 Å². The average Bonchev–Trinajstić information content (AvgIpc) is 3.26. The first-order valence-corrected chi connectivity index (χ1v) is 7.57. The Labute approximate surface area is 144 Å². The molecule has 2 N–H and O–H groups in total. The van der Waals surface area contributed by atoms with E-state index in [1.54, 1.807) is 12.1 Å². The lowest BCUT2D eigenvalue weighted by molar-refractivity contribution is -0.125. The zero-order chi connectivity index (χ0) is 18.3. The number of anilines is 2. The van der Waals surface area contributed by atoms with E-state index in [-0.39, 0.29) is 23.9 Å². The van der Waals surface area contributed by atoms with Gasteiger partial charge in [0.15, 0.2) is 17.4 Å². The summed E-state index contributed by atoms with van der Waals surface area (Å²) in [6, 6.07) is 5.28. The number of carbonyl (C=O) groups is 2.